The van der Waals surface area contributed by atoms with Gasteiger partial charge in [0.2, 0.25) is 0 Å². The van der Waals surface area contributed by atoms with E-state index in [-0.39, 0.29) is 23.6 Å². The number of hydrogen-bond acceptors (Lipinski definition) is 4. The molecule has 0 saturated carbocycles. The summed E-state index contributed by atoms with van der Waals surface area (Å²) in [6, 6.07) is 30.7. The van der Waals surface area contributed by atoms with E-state index in [0.29, 0.717) is 19.4 Å². The average Bonchev–Trinajstić information content (AvgIpc) is 3.28. The van der Waals surface area contributed by atoms with E-state index >= 15 is 0 Å². The van der Waals surface area contributed by atoms with Gasteiger partial charge in [0.1, 0.15) is 6.61 Å². The first-order chi connectivity index (χ1) is 18.3. The van der Waals surface area contributed by atoms with Gasteiger partial charge < -0.3 is 9.16 Å². The van der Waals surface area contributed by atoms with Gasteiger partial charge in [0.15, 0.2) is 0 Å². The first kappa shape index (κ1) is 27.5. The van der Waals surface area contributed by atoms with E-state index in [2.05, 4.69) is 69.3 Å². The largest absolute Gasteiger partial charge is 0.447 e. The predicted molar refractivity (Wildman–Crippen MR) is 154 cm³/mol. The quantitative estimate of drug-likeness (QED) is 0.199. The van der Waals surface area contributed by atoms with Crippen molar-refractivity contribution in [1.82, 2.24) is 4.90 Å². The van der Waals surface area contributed by atoms with E-state index in [4.69, 9.17) is 9.16 Å². The van der Waals surface area contributed by atoms with Gasteiger partial charge in [-0.1, -0.05) is 118 Å². The predicted octanol–water partition coefficient (Wildman–Crippen LogP) is 5.49. The molecule has 1 fully saturated rings. The lowest BCUT2D eigenvalue weighted by atomic mass is 10.1. The van der Waals surface area contributed by atoms with Crippen LogP contribution in [0.25, 0.3) is 0 Å². The highest BCUT2D eigenvalue weighted by Crippen LogP contribution is 2.36. The van der Waals surface area contributed by atoms with Crippen molar-refractivity contribution in [2.75, 3.05) is 13.2 Å². The van der Waals surface area contributed by atoms with Crippen molar-refractivity contribution < 1.29 is 18.8 Å². The Morgan fingerprint density at radius 3 is 2.05 bits per heavy atom. The number of hydrogen-bond donors (Lipinski definition) is 0. The molecule has 0 aliphatic carbocycles. The van der Waals surface area contributed by atoms with Gasteiger partial charge in [0, 0.05) is 6.61 Å². The number of carbonyl (C=O) groups excluding carboxylic acids is 2. The van der Waals surface area contributed by atoms with Crippen molar-refractivity contribution in [1.29, 1.82) is 0 Å². The third-order valence-corrected chi connectivity index (χ3v) is 12.1. The molecule has 198 valence electrons. The monoisotopic (exact) mass is 527 g/mol. The first-order valence-corrected chi connectivity index (χ1v) is 15.2. The van der Waals surface area contributed by atoms with Crippen LogP contribution in [-0.4, -0.2) is 44.5 Å². The molecular formula is C32H37NO4Si. The van der Waals surface area contributed by atoms with Gasteiger partial charge in [0.05, 0.1) is 6.04 Å². The van der Waals surface area contributed by atoms with Crippen molar-refractivity contribution in [3.05, 3.63) is 109 Å². The van der Waals surface area contributed by atoms with Gasteiger partial charge in [-0.15, -0.1) is 0 Å². The van der Waals surface area contributed by atoms with Crippen LogP contribution in [0.1, 0.15) is 39.2 Å². The van der Waals surface area contributed by atoms with Crippen molar-refractivity contribution in [2.45, 2.75) is 51.1 Å². The Morgan fingerprint density at radius 1 is 0.947 bits per heavy atom. The lowest BCUT2D eigenvalue weighted by Gasteiger charge is -2.43. The summed E-state index contributed by atoms with van der Waals surface area (Å²) < 4.78 is 12.1. The van der Waals surface area contributed by atoms with Crippen LogP contribution in [0, 0.1) is 0 Å². The van der Waals surface area contributed by atoms with Crippen LogP contribution in [-0.2, 0) is 20.4 Å². The van der Waals surface area contributed by atoms with E-state index in [1.54, 1.807) is 0 Å². The van der Waals surface area contributed by atoms with E-state index in [9.17, 15) is 9.59 Å². The number of imide groups is 1. The molecule has 0 radical (unpaired) electrons. The Labute approximate surface area is 227 Å². The van der Waals surface area contributed by atoms with Crippen LogP contribution >= 0.6 is 0 Å². The summed E-state index contributed by atoms with van der Waals surface area (Å²) in [6.07, 6.45) is 4.78. The minimum Gasteiger partial charge on any atom is -0.447 e. The maximum atomic E-state index is 12.9. The zero-order chi connectivity index (χ0) is 27.0. The second-order valence-electron chi connectivity index (χ2n) is 10.7. The van der Waals surface area contributed by atoms with Gasteiger partial charge in [-0.2, -0.15) is 0 Å². The topological polar surface area (TPSA) is 55.8 Å². The lowest BCUT2D eigenvalue weighted by Crippen LogP contribution is -2.66. The number of benzene rings is 3. The second-order valence-corrected chi connectivity index (χ2v) is 15.0. The SMILES string of the molecule is CC(C)(C)[Si](OCCC/C=C/C(=O)N1C(=O)OC[C@@H]1Cc1ccccc1)(c1ccccc1)c1ccccc1. The highest BCUT2D eigenvalue weighted by molar-refractivity contribution is 6.99. The normalized spacial score (nSPS) is 16.1. The molecule has 0 aromatic heterocycles. The molecule has 3 aromatic carbocycles. The van der Waals surface area contributed by atoms with E-state index in [0.717, 1.165) is 12.0 Å². The van der Waals surface area contributed by atoms with E-state index < -0.39 is 14.4 Å². The average molecular weight is 528 g/mol. The van der Waals surface area contributed by atoms with Crippen molar-refractivity contribution in [3.8, 4) is 0 Å². The maximum absolute atomic E-state index is 12.9. The summed E-state index contributed by atoms with van der Waals surface area (Å²) in [4.78, 5) is 26.4. The summed E-state index contributed by atoms with van der Waals surface area (Å²) in [5.41, 5.74) is 1.07. The molecule has 0 N–H and O–H groups in total. The van der Waals surface area contributed by atoms with Crippen LogP contribution in [0.4, 0.5) is 4.79 Å². The zero-order valence-corrected chi connectivity index (χ0v) is 23.5. The first-order valence-electron chi connectivity index (χ1n) is 13.3. The zero-order valence-electron chi connectivity index (χ0n) is 22.5. The Bertz CT molecular complexity index is 1180. The number of amides is 2. The van der Waals surface area contributed by atoms with Gasteiger partial charge in [-0.3, -0.25) is 4.79 Å². The molecule has 0 unspecified atom stereocenters. The van der Waals surface area contributed by atoms with Gasteiger partial charge in [0.25, 0.3) is 14.2 Å². The van der Waals surface area contributed by atoms with Crippen molar-refractivity contribution in [3.63, 3.8) is 0 Å². The standard InChI is InChI=1S/C32H37NO4Si/c1-32(2,3)38(28-18-10-5-11-19-28,29-20-12-6-13-21-29)37-23-15-7-14-22-30(34)33-27(25-36-31(33)35)24-26-16-8-4-9-17-26/h4-6,8-14,16-22,27H,7,15,23-25H2,1-3H3/b22-14+/t27-/m0/s1. The molecule has 1 saturated heterocycles. The van der Waals surface area contributed by atoms with Crippen molar-refractivity contribution in [2.24, 2.45) is 0 Å². The third kappa shape index (κ3) is 6.14. The molecule has 38 heavy (non-hydrogen) atoms. The number of cyclic esters (lactones) is 1. The highest BCUT2D eigenvalue weighted by atomic mass is 28.4. The molecule has 5 nitrogen and oxygen atoms in total. The minimum atomic E-state index is -2.57. The van der Waals surface area contributed by atoms with Crippen LogP contribution in [0.2, 0.25) is 5.04 Å². The number of carbonyl (C=O) groups is 2. The number of nitrogens with zero attached hydrogens (tertiary/aromatic N) is 1. The molecular weight excluding hydrogens is 490 g/mol. The molecule has 1 aliphatic heterocycles. The summed E-state index contributed by atoms with van der Waals surface area (Å²) in [5, 5.41) is 2.42. The molecule has 2 amide bonds. The molecule has 0 bridgehead atoms. The number of rotatable bonds is 10. The lowest BCUT2D eigenvalue weighted by molar-refractivity contribution is -0.124. The summed E-state index contributed by atoms with van der Waals surface area (Å²) >= 11 is 0. The van der Waals surface area contributed by atoms with Crippen molar-refractivity contribution >= 4 is 30.7 Å². The van der Waals surface area contributed by atoms with Crippen LogP contribution in [0.15, 0.2) is 103 Å². The number of unbranched alkanes of at least 4 members (excludes halogenated alkanes) is 1. The Morgan fingerprint density at radius 2 is 1.50 bits per heavy atom. The maximum Gasteiger partial charge on any atom is 0.417 e. The van der Waals surface area contributed by atoms with E-state index in [1.807, 2.05) is 48.5 Å². The molecule has 1 atom stereocenters. The summed E-state index contributed by atoms with van der Waals surface area (Å²) in [7, 11) is -2.57. The minimum absolute atomic E-state index is 0.0780. The number of ether oxygens (including phenoxy) is 1. The Hall–Kier alpha value is -3.48. The highest BCUT2D eigenvalue weighted by Gasteiger charge is 2.49. The second kappa shape index (κ2) is 12.4. The molecule has 1 heterocycles. The van der Waals surface area contributed by atoms with Gasteiger partial charge in [-0.25, -0.2) is 9.69 Å². The Balaban J connectivity index is 1.39. The van der Waals surface area contributed by atoms with Crippen LogP contribution in [0.3, 0.4) is 0 Å². The van der Waals surface area contributed by atoms with E-state index in [1.165, 1.54) is 21.3 Å². The molecule has 3 aromatic rings. The fourth-order valence-corrected chi connectivity index (χ4v) is 9.83. The Kier molecular flexibility index (Phi) is 8.97. The van der Waals surface area contributed by atoms with Crippen LogP contribution < -0.4 is 10.4 Å². The molecule has 1 aliphatic rings. The van der Waals surface area contributed by atoms with Gasteiger partial charge in [-0.05, 0) is 46.3 Å². The molecule has 4 rings (SSSR count). The van der Waals surface area contributed by atoms with Gasteiger partial charge >= 0.3 is 6.09 Å². The molecule has 6 heteroatoms. The fraction of sp³-hybridized carbons (Fsp3) is 0.312. The molecule has 0 spiro atoms. The van der Waals surface area contributed by atoms with Crippen LogP contribution in [0.5, 0.6) is 0 Å². The third-order valence-electron chi connectivity index (χ3n) is 7.02. The smallest absolute Gasteiger partial charge is 0.417 e. The fourth-order valence-electron chi connectivity index (χ4n) is 5.22. The summed E-state index contributed by atoms with van der Waals surface area (Å²) in [5.74, 6) is -0.332. The summed E-state index contributed by atoms with van der Waals surface area (Å²) in [6.45, 7) is 7.59. The number of allylic oxidation sites excluding steroid dienone is 1.